The number of nitrogens with one attached hydrogen (secondary N) is 1. The van der Waals surface area contributed by atoms with Crippen molar-refractivity contribution in [1.29, 1.82) is 0 Å². The van der Waals surface area contributed by atoms with Crippen LogP contribution in [0.5, 0.6) is 0 Å². The number of rotatable bonds is 3. The Bertz CT molecular complexity index is 359. The second-order valence-corrected chi connectivity index (χ2v) is 2.93. The SMILES string of the molecule is [CH2]CCNc1cc2ccccc2o1. The minimum Gasteiger partial charge on any atom is -0.441 e. The molecule has 0 bridgehead atoms. The van der Waals surface area contributed by atoms with Crippen molar-refractivity contribution in [3.05, 3.63) is 37.3 Å². The van der Waals surface area contributed by atoms with Crippen LogP contribution in [0.4, 0.5) is 5.88 Å². The van der Waals surface area contributed by atoms with Crippen molar-refractivity contribution in [2.45, 2.75) is 6.42 Å². The number of furan rings is 1. The van der Waals surface area contributed by atoms with Crippen molar-refractivity contribution >= 4 is 16.9 Å². The predicted octanol–water partition coefficient (Wildman–Crippen LogP) is 3.07. The minimum atomic E-state index is 0.824. The van der Waals surface area contributed by atoms with Crippen LogP contribution in [0.1, 0.15) is 6.42 Å². The van der Waals surface area contributed by atoms with E-state index in [0.717, 1.165) is 29.8 Å². The zero-order valence-corrected chi connectivity index (χ0v) is 7.42. The Labute approximate surface area is 77.6 Å². The van der Waals surface area contributed by atoms with Crippen LogP contribution in [0, 0.1) is 6.92 Å². The molecule has 1 radical (unpaired) electrons. The molecule has 2 nitrogen and oxygen atoms in total. The van der Waals surface area contributed by atoms with Gasteiger partial charge in [0.25, 0.3) is 0 Å². The number of benzene rings is 1. The highest BCUT2D eigenvalue weighted by molar-refractivity contribution is 5.80. The van der Waals surface area contributed by atoms with Gasteiger partial charge in [0.1, 0.15) is 5.58 Å². The summed E-state index contributed by atoms with van der Waals surface area (Å²) in [6.45, 7) is 4.60. The van der Waals surface area contributed by atoms with Gasteiger partial charge >= 0.3 is 0 Å². The molecule has 2 rings (SSSR count). The van der Waals surface area contributed by atoms with Gasteiger partial charge in [0.05, 0.1) is 0 Å². The molecule has 2 heteroatoms. The van der Waals surface area contributed by atoms with Crippen molar-refractivity contribution in [2.24, 2.45) is 0 Å². The predicted molar refractivity (Wildman–Crippen MR) is 54.7 cm³/mol. The molecular weight excluding hydrogens is 162 g/mol. The second kappa shape index (κ2) is 3.52. The summed E-state index contributed by atoms with van der Waals surface area (Å²) < 4.78 is 5.53. The van der Waals surface area contributed by atoms with E-state index >= 15 is 0 Å². The summed E-state index contributed by atoms with van der Waals surface area (Å²) in [4.78, 5) is 0. The summed E-state index contributed by atoms with van der Waals surface area (Å²) in [6, 6.07) is 9.98. The van der Waals surface area contributed by atoms with E-state index in [0.29, 0.717) is 0 Å². The fraction of sp³-hybridized carbons (Fsp3) is 0.182. The Morgan fingerprint density at radius 1 is 1.31 bits per heavy atom. The lowest BCUT2D eigenvalue weighted by molar-refractivity contribution is 0.626. The van der Waals surface area contributed by atoms with Crippen molar-refractivity contribution < 1.29 is 4.42 Å². The molecule has 67 valence electrons. The highest BCUT2D eigenvalue weighted by Crippen LogP contribution is 2.22. The summed E-state index contributed by atoms with van der Waals surface area (Å²) in [6.07, 6.45) is 0.858. The van der Waals surface area contributed by atoms with E-state index in [1.165, 1.54) is 0 Å². The summed E-state index contributed by atoms with van der Waals surface area (Å²) >= 11 is 0. The van der Waals surface area contributed by atoms with Crippen LogP contribution in [0.2, 0.25) is 0 Å². The van der Waals surface area contributed by atoms with Crippen LogP contribution < -0.4 is 5.32 Å². The number of hydrogen-bond donors (Lipinski definition) is 1. The van der Waals surface area contributed by atoms with Gasteiger partial charge in [-0.15, -0.1) is 0 Å². The standard InChI is InChI=1S/C11H12NO/c1-2-7-12-11-8-9-5-3-4-6-10(9)13-11/h3-6,8,12H,1-2,7H2. The Morgan fingerprint density at radius 3 is 2.92 bits per heavy atom. The van der Waals surface area contributed by atoms with Crippen LogP contribution in [0.3, 0.4) is 0 Å². The van der Waals surface area contributed by atoms with Crippen LogP contribution >= 0.6 is 0 Å². The second-order valence-electron chi connectivity index (χ2n) is 2.93. The van der Waals surface area contributed by atoms with Crippen LogP contribution in [0.15, 0.2) is 34.7 Å². The van der Waals surface area contributed by atoms with Crippen molar-refractivity contribution in [1.82, 2.24) is 0 Å². The fourth-order valence-electron chi connectivity index (χ4n) is 1.28. The maximum absolute atomic E-state index is 5.53. The summed E-state index contributed by atoms with van der Waals surface area (Å²) in [5.41, 5.74) is 0.925. The normalized spacial score (nSPS) is 10.5. The van der Waals surface area contributed by atoms with Crippen LogP contribution in [0.25, 0.3) is 11.0 Å². The van der Waals surface area contributed by atoms with Gasteiger partial charge in [-0.25, -0.2) is 0 Å². The fourth-order valence-corrected chi connectivity index (χ4v) is 1.28. The van der Waals surface area contributed by atoms with Gasteiger partial charge in [-0.3, -0.25) is 0 Å². The quantitative estimate of drug-likeness (QED) is 0.773. The molecule has 1 aromatic carbocycles. The summed E-state index contributed by atoms with van der Waals surface area (Å²) in [5.74, 6) is 0.824. The Morgan fingerprint density at radius 2 is 2.15 bits per heavy atom. The molecule has 0 saturated heterocycles. The first-order valence-electron chi connectivity index (χ1n) is 4.42. The molecule has 1 heterocycles. The first-order chi connectivity index (χ1) is 6.40. The highest BCUT2D eigenvalue weighted by Gasteiger charge is 2.00. The lowest BCUT2D eigenvalue weighted by Crippen LogP contribution is -1.97. The van der Waals surface area contributed by atoms with E-state index < -0.39 is 0 Å². The number of anilines is 1. The van der Waals surface area contributed by atoms with Crippen molar-refractivity contribution in [3.8, 4) is 0 Å². The molecule has 0 spiro atoms. The number of para-hydroxylation sites is 1. The summed E-state index contributed by atoms with van der Waals surface area (Å²) in [5, 5.41) is 4.29. The Hall–Kier alpha value is -1.44. The molecule has 0 aliphatic rings. The van der Waals surface area contributed by atoms with Crippen LogP contribution in [-0.4, -0.2) is 6.54 Å². The van der Waals surface area contributed by atoms with Gasteiger partial charge < -0.3 is 9.73 Å². The van der Waals surface area contributed by atoms with E-state index in [9.17, 15) is 0 Å². The van der Waals surface area contributed by atoms with Crippen molar-refractivity contribution in [2.75, 3.05) is 11.9 Å². The van der Waals surface area contributed by atoms with Gasteiger partial charge in [0, 0.05) is 18.0 Å². The van der Waals surface area contributed by atoms with Gasteiger partial charge in [-0.2, -0.15) is 0 Å². The first-order valence-corrected chi connectivity index (χ1v) is 4.42. The molecule has 1 N–H and O–H groups in total. The molecule has 0 amide bonds. The van der Waals surface area contributed by atoms with E-state index in [1.54, 1.807) is 0 Å². The monoisotopic (exact) mass is 174 g/mol. The molecule has 0 unspecified atom stereocenters. The third-order valence-electron chi connectivity index (χ3n) is 1.90. The molecule has 13 heavy (non-hydrogen) atoms. The van der Waals surface area contributed by atoms with Crippen molar-refractivity contribution in [3.63, 3.8) is 0 Å². The number of hydrogen-bond acceptors (Lipinski definition) is 2. The van der Waals surface area contributed by atoms with Gasteiger partial charge in [-0.1, -0.05) is 25.1 Å². The average Bonchev–Trinajstić information content (AvgIpc) is 2.57. The smallest absolute Gasteiger partial charge is 0.194 e. The van der Waals surface area contributed by atoms with Gasteiger partial charge in [0.2, 0.25) is 0 Å². The third kappa shape index (κ3) is 1.66. The van der Waals surface area contributed by atoms with E-state index in [-0.39, 0.29) is 0 Å². The van der Waals surface area contributed by atoms with Crippen LogP contribution in [-0.2, 0) is 0 Å². The minimum absolute atomic E-state index is 0.824. The molecule has 2 aromatic rings. The maximum Gasteiger partial charge on any atom is 0.194 e. The zero-order chi connectivity index (χ0) is 9.10. The third-order valence-corrected chi connectivity index (χ3v) is 1.90. The Balaban J connectivity index is 2.28. The van der Waals surface area contributed by atoms with Gasteiger partial charge in [0.15, 0.2) is 5.88 Å². The Kier molecular flexibility index (Phi) is 2.21. The molecule has 0 atom stereocenters. The lowest BCUT2D eigenvalue weighted by Gasteiger charge is -1.96. The largest absolute Gasteiger partial charge is 0.441 e. The number of fused-ring (bicyclic) bond motifs is 1. The molecule has 0 fully saturated rings. The molecule has 0 saturated carbocycles. The summed E-state index contributed by atoms with van der Waals surface area (Å²) in [7, 11) is 0. The molecule has 0 aliphatic carbocycles. The first kappa shape index (κ1) is 8.17. The topological polar surface area (TPSA) is 25.2 Å². The van der Waals surface area contributed by atoms with E-state index in [2.05, 4.69) is 12.2 Å². The molecule has 0 aliphatic heterocycles. The molecular formula is C11H12NO. The van der Waals surface area contributed by atoms with E-state index in [1.807, 2.05) is 30.3 Å². The van der Waals surface area contributed by atoms with Gasteiger partial charge in [-0.05, 0) is 12.5 Å². The molecule has 1 aromatic heterocycles. The van der Waals surface area contributed by atoms with E-state index in [4.69, 9.17) is 4.42 Å². The maximum atomic E-state index is 5.53. The zero-order valence-electron chi connectivity index (χ0n) is 7.42. The average molecular weight is 174 g/mol. The lowest BCUT2D eigenvalue weighted by atomic mass is 10.3. The highest BCUT2D eigenvalue weighted by atomic mass is 16.3.